The van der Waals surface area contributed by atoms with Crippen LogP contribution in [0.2, 0.25) is 0 Å². The average molecular weight is 322 g/mol. The lowest BCUT2D eigenvalue weighted by atomic mass is 10.1. The van der Waals surface area contributed by atoms with E-state index in [1.807, 2.05) is 0 Å². The van der Waals surface area contributed by atoms with Crippen LogP contribution in [0.1, 0.15) is 22.3 Å². The molecule has 7 heteroatoms. The SMILES string of the molecule is OCc1cc(Oc2cc(CO)c(O)c(CO)c2)cc(CO)c1O. The van der Waals surface area contributed by atoms with Gasteiger partial charge in [0.25, 0.3) is 0 Å². The molecule has 7 nitrogen and oxygen atoms in total. The monoisotopic (exact) mass is 322 g/mol. The third-order valence-corrected chi connectivity index (χ3v) is 3.40. The molecule has 0 heterocycles. The smallest absolute Gasteiger partial charge is 0.128 e. The summed E-state index contributed by atoms with van der Waals surface area (Å²) in [7, 11) is 0. The molecule has 0 saturated carbocycles. The van der Waals surface area contributed by atoms with Crippen molar-refractivity contribution in [1.29, 1.82) is 0 Å². The summed E-state index contributed by atoms with van der Waals surface area (Å²) >= 11 is 0. The van der Waals surface area contributed by atoms with Crippen LogP contribution in [0.5, 0.6) is 23.0 Å². The van der Waals surface area contributed by atoms with Gasteiger partial charge in [-0.3, -0.25) is 0 Å². The summed E-state index contributed by atoms with van der Waals surface area (Å²) in [4.78, 5) is 0. The first kappa shape index (κ1) is 17.0. The number of phenols is 2. The molecule has 23 heavy (non-hydrogen) atoms. The number of rotatable bonds is 6. The molecule has 0 atom stereocenters. The molecule has 0 aliphatic heterocycles. The first-order valence-electron chi connectivity index (χ1n) is 6.84. The third-order valence-electron chi connectivity index (χ3n) is 3.40. The van der Waals surface area contributed by atoms with Gasteiger partial charge < -0.3 is 35.4 Å². The third kappa shape index (κ3) is 3.54. The lowest BCUT2D eigenvalue weighted by Crippen LogP contribution is -1.97. The van der Waals surface area contributed by atoms with Gasteiger partial charge in [0.15, 0.2) is 0 Å². The number of aliphatic hydroxyl groups is 4. The Labute approximate surface area is 132 Å². The molecule has 124 valence electrons. The molecule has 0 fully saturated rings. The fourth-order valence-electron chi connectivity index (χ4n) is 2.19. The molecule has 0 saturated heterocycles. The van der Waals surface area contributed by atoms with E-state index in [4.69, 9.17) is 4.74 Å². The first-order chi connectivity index (χ1) is 11.0. The number of hydrogen-bond acceptors (Lipinski definition) is 7. The van der Waals surface area contributed by atoms with Crippen molar-refractivity contribution in [1.82, 2.24) is 0 Å². The topological polar surface area (TPSA) is 131 Å². The van der Waals surface area contributed by atoms with Crippen molar-refractivity contribution in [2.45, 2.75) is 26.4 Å². The Hall–Kier alpha value is -2.32. The largest absolute Gasteiger partial charge is 0.507 e. The molecule has 0 unspecified atom stereocenters. The minimum Gasteiger partial charge on any atom is -0.507 e. The van der Waals surface area contributed by atoms with E-state index in [1.165, 1.54) is 24.3 Å². The van der Waals surface area contributed by atoms with Gasteiger partial charge in [-0.25, -0.2) is 0 Å². The van der Waals surface area contributed by atoms with Gasteiger partial charge in [-0.05, 0) is 24.3 Å². The molecule has 0 aliphatic rings. The Kier molecular flexibility index (Phi) is 5.41. The molecule has 2 aromatic carbocycles. The molecule has 6 N–H and O–H groups in total. The van der Waals surface area contributed by atoms with E-state index in [1.54, 1.807) is 0 Å². The maximum atomic E-state index is 9.81. The summed E-state index contributed by atoms with van der Waals surface area (Å²) < 4.78 is 5.59. The van der Waals surface area contributed by atoms with Crippen LogP contribution in [0.4, 0.5) is 0 Å². The summed E-state index contributed by atoms with van der Waals surface area (Å²) in [5.41, 5.74) is 0.760. The Bertz CT molecular complexity index is 587. The van der Waals surface area contributed by atoms with Crippen molar-refractivity contribution in [3.63, 3.8) is 0 Å². The van der Waals surface area contributed by atoms with E-state index in [0.29, 0.717) is 0 Å². The zero-order valence-electron chi connectivity index (χ0n) is 12.2. The zero-order valence-corrected chi connectivity index (χ0v) is 12.2. The van der Waals surface area contributed by atoms with Crippen molar-refractivity contribution in [3.05, 3.63) is 46.5 Å². The highest BCUT2D eigenvalue weighted by molar-refractivity contribution is 5.50. The van der Waals surface area contributed by atoms with Gasteiger partial charge in [-0.1, -0.05) is 0 Å². The number of hydrogen-bond donors (Lipinski definition) is 6. The molecule has 0 radical (unpaired) electrons. The molecule has 0 aliphatic carbocycles. The molecule has 0 aromatic heterocycles. The number of aromatic hydroxyl groups is 2. The fourth-order valence-corrected chi connectivity index (χ4v) is 2.19. The standard InChI is InChI=1S/C16H18O7/c17-5-9-1-13(2-10(6-18)15(9)21)23-14-3-11(7-19)16(22)12(4-14)8-20/h1-4,17-22H,5-8H2. The lowest BCUT2D eigenvalue weighted by Gasteiger charge is -2.14. The Morgan fingerprint density at radius 2 is 0.826 bits per heavy atom. The molecule has 0 spiro atoms. The average Bonchev–Trinajstić information content (AvgIpc) is 2.57. The van der Waals surface area contributed by atoms with Crippen LogP contribution in [0.3, 0.4) is 0 Å². The number of ether oxygens (including phenoxy) is 1. The van der Waals surface area contributed by atoms with Crippen molar-refractivity contribution >= 4 is 0 Å². The predicted molar refractivity (Wildman–Crippen MR) is 80.0 cm³/mol. The van der Waals surface area contributed by atoms with E-state index in [9.17, 15) is 30.6 Å². The van der Waals surface area contributed by atoms with Gasteiger partial charge in [-0.2, -0.15) is 0 Å². The Balaban J connectivity index is 2.43. The summed E-state index contributed by atoms with van der Waals surface area (Å²) in [5, 5.41) is 56.5. The quantitative estimate of drug-likeness (QED) is 0.465. The number of benzene rings is 2. The van der Waals surface area contributed by atoms with E-state index in [-0.39, 0.29) is 45.3 Å². The molecule has 2 aromatic rings. The van der Waals surface area contributed by atoms with Crippen LogP contribution in [-0.2, 0) is 26.4 Å². The van der Waals surface area contributed by atoms with Crippen LogP contribution >= 0.6 is 0 Å². The van der Waals surface area contributed by atoms with Crippen molar-refractivity contribution in [2.24, 2.45) is 0 Å². The van der Waals surface area contributed by atoms with Gasteiger partial charge in [0.1, 0.15) is 23.0 Å². The summed E-state index contributed by atoms with van der Waals surface area (Å²) in [5.74, 6) is 0.0732. The first-order valence-corrected chi connectivity index (χ1v) is 6.84. The Morgan fingerprint density at radius 1 is 0.565 bits per heavy atom. The van der Waals surface area contributed by atoms with Crippen LogP contribution < -0.4 is 4.74 Å². The second-order valence-electron chi connectivity index (χ2n) is 4.91. The molecule has 2 rings (SSSR count). The van der Waals surface area contributed by atoms with Gasteiger partial charge in [0, 0.05) is 22.3 Å². The minimum absolute atomic E-state index is 0.190. The second kappa shape index (κ2) is 7.30. The van der Waals surface area contributed by atoms with Crippen molar-refractivity contribution in [3.8, 4) is 23.0 Å². The van der Waals surface area contributed by atoms with Gasteiger partial charge in [0.05, 0.1) is 26.4 Å². The maximum absolute atomic E-state index is 9.81. The lowest BCUT2D eigenvalue weighted by molar-refractivity contribution is 0.262. The van der Waals surface area contributed by atoms with Crippen LogP contribution in [-0.4, -0.2) is 30.6 Å². The molecular weight excluding hydrogens is 304 g/mol. The molecule has 0 amide bonds. The van der Waals surface area contributed by atoms with Gasteiger partial charge >= 0.3 is 0 Å². The van der Waals surface area contributed by atoms with Crippen molar-refractivity contribution < 1.29 is 35.4 Å². The van der Waals surface area contributed by atoms with Crippen LogP contribution in [0.15, 0.2) is 24.3 Å². The summed E-state index contributed by atoms with van der Waals surface area (Å²) in [6, 6.07) is 5.61. The maximum Gasteiger partial charge on any atom is 0.128 e. The normalized spacial score (nSPS) is 10.8. The van der Waals surface area contributed by atoms with Gasteiger partial charge in [-0.15, -0.1) is 0 Å². The molecular formula is C16H18O7. The van der Waals surface area contributed by atoms with E-state index < -0.39 is 26.4 Å². The van der Waals surface area contributed by atoms with Crippen molar-refractivity contribution in [2.75, 3.05) is 0 Å². The summed E-state index contributed by atoms with van der Waals surface area (Å²) in [6.07, 6.45) is 0. The van der Waals surface area contributed by atoms with Gasteiger partial charge in [0.2, 0.25) is 0 Å². The second-order valence-corrected chi connectivity index (χ2v) is 4.91. The number of aliphatic hydroxyl groups excluding tert-OH is 4. The summed E-state index contributed by atoms with van der Waals surface area (Å²) in [6.45, 7) is -1.74. The fraction of sp³-hybridized carbons (Fsp3) is 0.250. The highest BCUT2D eigenvalue weighted by Gasteiger charge is 2.13. The predicted octanol–water partition coefficient (Wildman–Crippen LogP) is 0.859. The van der Waals surface area contributed by atoms with Crippen LogP contribution in [0.25, 0.3) is 0 Å². The Morgan fingerprint density at radius 3 is 1.04 bits per heavy atom. The van der Waals surface area contributed by atoms with Crippen LogP contribution in [0, 0.1) is 0 Å². The van der Waals surface area contributed by atoms with E-state index in [2.05, 4.69) is 0 Å². The van der Waals surface area contributed by atoms with E-state index >= 15 is 0 Å². The zero-order chi connectivity index (χ0) is 17.0. The molecule has 0 bridgehead atoms. The highest BCUT2D eigenvalue weighted by Crippen LogP contribution is 2.34. The highest BCUT2D eigenvalue weighted by atomic mass is 16.5. The minimum atomic E-state index is -0.435. The van der Waals surface area contributed by atoms with E-state index in [0.717, 1.165) is 0 Å².